The van der Waals surface area contributed by atoms with E-state index in [4.69, 9.17) is 0 Å². The number of alkyl halides is 1. The average molecular weight is 221 g/mol. The lowest BCUT2D eigenvalue weighted by Gasteiger charge is -2.42. The Balaban J connectivity index is 2.45. The molecule has 0 aromatic carbocycles. The number of hydrogen-bond acceptors (Lipinski definition) is 2. The van der Waals surface area contributed by atoms with Crippen molar-refractivity contribution >= 4 is 15.9 Å². The van der Waals surface area contributed by atoms with Gasteiger partial charge in [0.15, 0.2) is 0 Å². The Kier molecular flexibility index (Phi) is 3.34. The molecule has 1 fully saturated rings. The fourth-order valence-electron chi connectivity index (χ4n) is 1.54. The Morgan fingerprint density at radius 2 is 2.27 bits per heavy atom. The van der Waals surface area contributed by atoms with E-state index in [1.807, 2.05) is 0 Å². The molecule has 1 aliphatic rings. The summed E-state index contributed by atoms with van der Waals surface area (Å²) in [4.78, 5) is 2.53. The van der Waals surface area contributed by atoms with Gasteiger partial charge in [-0.05, 0) is 13.8 Å². The SMILES string of the molecule is CC1(C)CNCCN1CCBr. The minimum Gasteiger partial charge on any atom is -0.314 e. The zero-order chi connectivity index (χ0) is 8.32. The van der Waals surface area contributed by atoms with Crippen molar-refractivity contribution in [3.8, 4) is 0 Å². The van der Waals surface area contributed by atoms with Crippen LogP contribution in [0.4, 0.5) is 0 Å². The van der Waals surface area contributed by atoms with Gasteiger partial charge in [0.25, 0.3) is 0 Å². The molecule has 0 amide bonds. The third-order valence-corrected chi connectivity index (χ3v) is 2.68. The summed E-state index contributed by atoms with van der Waals surface area (Å²) in [6, 6.07) is 0. The first kappa shape index (κ1) is 9.49. The van der Waals surface area contributed by atoms with Crippen LogP contribution in [0.15, 0.2) is 0 Å². The Morgan fingerprint density at radius 3 is 2.82 bits per heavy atom. The lowest BCUT2D eigenvalue weighted by molar-refractivity contribution is 0.0989. The van der Waals surface area contributed by atoms with Gasteiger partial charge >= 0.3 is 0 Å². The second kappa shape index (κ2) is 3.87. The van der Waals surface area contributed by atoms with Crippen LogP contribution in [0.25, 0.3) is 0 Å². The van der Waals surface area contributed by atoms with Crippen molar-refractivity contribution in [2.75, 3.05) is 31.5 Å². The van der Waals surface area contributed by atoms with Gasteiger partial charge in [-0.1, -0.05) is 15.9 Å². The molecule has 0 unspecified atom stereocenters. The molecule has 11 heavy (non-hydrogen) atoms. The molecule has 3 heteroatoms. The molecule has 66 valence electrons. The van der Waals surface area contributed by atoms with E-state index in [0.717, 1.165) is 25.0 Å². The van der Waals surface area contributed by atoms with Gasteiger partial charge in [-0.3, -0.25) is 4.90 Å². The molecule has 1 saturated heterocycles. The standard InChI is InChI=1S/C8H17BrN2/c1-8(2)7-10-4-6-11(8)5-3-9/h10H,3-7H2,1-2H3. The molecule has 1 N–H and O–H groups in total. The molecule has 0 radical (unpaired) electrons. The van der Waals surface area contributed by atoms with Gasteiger partial charge in [-0.2, -0.15) is 0 Å². The first-order chi connectivity index (χ1) is 5.17. The molecule has 0 saturated carbocycles. The summed E-state index contributed by atoms with van der Waals surface area (Å²) < 4.78 is 0. The van der Waals surface area contributed by atoms with Crippen molar-refractivity contribution in [1.82, 2.24) is 10.2 Å². The van der Waals surface area contributed by atoms with Crippen molar-refractivity contribution in [2.45, 2.75) is 19.4 Å². The second-order valence-corrected chi connectivity index (χ2v) is 4.46. The molecule has 0 bridgehead atoms. The number of halogens is 1. The monoisotopic (exact) mass is 220 g/mol. The van der Waals surface area contributed by atoms with E-state index in [2.05, 4.69) is 40.0 Å². The first-order valence-electron chi connectivity index (χ1n) is 4.18. The third-order valence-electron chi connectivity index (χ3n) is 2.33. The summed E-state index contributed by atoms with van der Waals surface area (Å²) in [5, 5.41) is 4.49. The van der Waals surface area contributed by atoms with Crippen LogP contribution in [0.3, 0.4) is 0 Å². The van der Waals surface area contributed by atoms with Gasteiger partial charge in [0.1, 0.15) is 0 Å². The highest BCUT2D eigenvalue weighted by Gasteiger charge is 2.28. The largest absolute Gasteiger partial charge is 0.314 e. The zero-order valence-corrected chi connectivity index (χ0v) is 8.95. The predicted molar refractivity (Wildman–Crippen MR) is 52.3 cm³/mol. The van der Waals surface area contributed by atoms with E-state index in [1.165, 1.54) is 6.54 Å². The number of rotatable bonds is 2. The zero-order valence-electron chi connectivity index (χ0n) is 7.36. The van der Waals surface area contributed by atoms with Crippen LogP contribution in [0.2, 0.25) is 0 Å². The molecule has 1 aliphatic heterocycles. The van der Waals surface area contributed by atoms with Crippen LogP contribution < -0.4 is 5.32 Å². The molecule has 1 heterocycles. The topological polar surface area (TPSA) is 15.3 Å². The molecule has 0 aromatic heterocycles. The Morgan fingerprint density at radius 1 is 1.55 bits per heavy atom. The van der Waals surface area contributed by atoms with Crippen LogP contribution in [0.5, 0.6) is 0 Å². The summed E-state index contributed by atoms with van der Waals surface area (Å²) in [7, 11) is 0. The lowest BCUT2D eigenvalue weighted by atomic mass is 10.0. The first-order valence-corrected chi connectivity index (χ1v) is 5.31. The van der Waals surface area contributed by atoms with E-state index in [0.29, 0.717) is 5.54 Å². The highest BCUT2D eigenvalue weighted by atomic mass is 79.9. The van der Waals surface area contributed by atoms with E-state index >= 15 is 0 Å². The molecule has 0 atom stereocenters. The summed E-state index contributed by atoms with van der Waals surface area (Å²) in [6.07, 6.45) is 0. The Hall–Kier alpha value is 0.400. The van der Waals surface area contributed by atoms with Crippen molar-refractivity contribution in [3.63, 3.8) is 0 Å². The minimum absolute atomic E-state index is 0.339. The molecule has 1 rings (SSSR count). The van der Waals surface area contributed by atoms with E-state index in [1.54, 1.807) is 0 Å². The number of hydrogen-bond donors (Lipinski definition) is 1. The fraction of sp³-hybridized carbons (Fsp3) is 1.00. The highest BCUT2D eigenvalue weighted by Crippen LogP contribution is 2.15. The molecule has 0 aliphatic carbocycles. The summed E-state index contributed by atoms with van der Waals surface area (Å²) in [5.41, 5.74) is 0.339. The molecular weight excluding hydrogens is 204 g/mol. The predicted octanol–water partition coefficient (Wildman–Crippen LogP) is 1.07. The summed E-state index contributed by atoms with van der Waals surface area (Å²) >= 11 is 3.47. The van der Waals surface area contributed by atoms with Gasteiger partial charge in [0, 0.05) is 37.0 Å². The van der Waals surface area contributed by atoms with E-state index in [9.17, 15) is 0 Å². The molecule has 0 spiro atoms. The molecule has 2 nitrogen and oxygen atoms in total. The van der Waals surface area contributed by atoms with Crippen LogP contribution in [-0.2, 0) is 0 Å². The van der Waals surface area contributed by atoms with Crippen LogP contribution >= 0.6 is 15.9 Å². The number of nitrogens with one attached hydrogen (secondary N) is 1. The van der Waals surface area contributed by atoms with Crippen molar-refractivity contribution in [2.24, 2.45) is 0 Å². The van der Waals surface area contributed by atoms with Crippen molar-refractivity contribution < 1.29 is 0 Å². The summed E-state index contributed by atoms with van der Waals surface area (Å²) in [6.45, 7) is 9.17. The Labute approximate surface area is 77.5 Å². The van der Waals surface area contributed by atoms with Crippen molar-refractivity contribution in [1.29, 1.82) is 0 Å². The van der Waals surface area contributed by atoms with Gasteiger partial charge < -0.3 is 5.32 Å². The van der Waals surface area contributed by atoms with Crippen LogP contribution in [0, 0.1) is 0 Å². The smallest absolute Gasteiger partial charge is 0.0278 e. The van der Waals surface area contributed by atoms with Gasteiger partial charge in [0.05, 0.1) is 0 Å². The maximum atomic E-state index is 3.47. The third kappa shape index (κ3) is 2.42. The van der Waals surface area contributed by atoms with Crippen LogP contribution in [0.1, 0.15) is 13.8 Å². The number of nitrogens with zero attached hydrogens (tertiary/aromatic N) is 1. The maximum Gasteiger partial charge on any atom is 0.0278 e. The van der Waals surface area contributed by atoms with Gasteiger partial charge in [-0.15, -0.1) is 0 Å². The molecule has 0 aromatic rings. The fourth-order valence-corrected chi connectivity index (χ4v) is 1.97. The van der Waals surface area contributed by atoms with Gasteiger partial charge in [-0.25, -0.2) is 0 Å². The number of piperazine rings is 1. The van der Waals surface area contributed by atoms with E-state index in [-0.39, 0.29) is 0 Å². The maximum absolute atomic E-state index is 3.47. The molecular formula is C8H17BrN2. The highest BCUT2D eigenvalue weighted by molar-refractivity contribution is 9.09. The minimum atomic E-state index is 0.339. The van der Waals surface area contributed by atoms with Crippen LogP contribution in [-0.4, -0.2) is 41.9 Å². The quantitative estimate of drug-likeness (QED) is 0.701. The Bertz CT molecular complexity index is 123. The van der Waals surface area contributed by atoms with Crippen molar-refractivity contribution in [3.05, 3.63) is 0 Å². The van der Waals surface area contributed by atoms with E-state index < -0.39 is 0 Å². The lowest BCUT2D eigenvalue weighted by Crippen LogP contribution is -2.58. The van der Waals surface area contributed by atoms with Gasteiger partial charge in [0.2, 0.25) is 0 Å². The average Bonchev–Trinajstić information content (AvgIpc) is 1.94. The summed E-state index contributed by atoms with van der Waals surface area (Å²) in [5.74, 6) is 0. The second-order valence-electron chi connectivity index (χ2n) is 3.67. The normalized spacial score (nSPS) is 25.4.